The van der Waals surface area contributed by atoms with Crippen LogP contribution in [-0.4, -0.2) is 4.21 Å². The van der Waals surface area contributed by atoms with E-state index in [2.05, 4.69) is 0 Å². The molecule has 2 nitrogen and oxygen atoms in total. The van der Waals surface area contributed by atoms with E-state index in [1.807, 2.05) is 24.3 Å². The third-order valence-electron chi connectivity index (χ3n) is 3.79. The van der Waals surface area contributed by atoms with Gasteiger partial charge in [0.15, 0.2) is 0 Å². The van der Waals surface area contributed by atoms with Crippen molar-refractivity contribution in [1.82, 2.24) is 0 Å². The van der Waals surface area contributed by atoms with Crippen LogP contribution in [0.3, 0.4) is 0 Å². The molecule has 0 heterocycles. The maximum Gasteiger partial charge on any atom is 0.127 e. The van der Waals surface area contributed by atoms with Crippen LogP contribution < -0.4 is 0 Å². The number of nitriles is 1. The molecule has 2 aromatic carbocycles. The van der Waals surface area contributed by atoms with Gasteiger partial charge in [0, 0.05) is 10.5 Å². The highest BCUT2D eigenvalue weighted by Crippen LogP contribution is 2.25. The highest BCUT2D eigenvalue weighted by Gasteiger charge is 2.15. The van der Waals surface area contributed by atoms with E-state index < -0.39 is 16.6 Å². The molecule has 0 bridgehead atoms. The first-order valence-electron chi connectivity index (χ1n) is 6.86. The summed E-state index contributed by atoms with van der Waals surface area (Å²) in [6, 6.07) is 12.0. The van der Waals surface area contributed by atoms with Gasteiger partial charge in [-0.25, -0.2) is 4.39 Å². The number of fused-ring (bicyclic) bond motifs is 1. The average molecular weight is 299 g/mol. The fourth-order valence-electron chi connectivity index (χ4n) is 2.67. The smallest absolute Gasteiger partial charge is 0.127 e. The van der Waals surface area contributed by atoms with Gasteiger partial charge in [0.05, 0.1) is 28.2 Å². The SMILES string of the molecule is N#Cc1ccc(F)c(CS(=O)c2ccc3c(c2)CCC3)c1. The Hall–Kier alpha value is -1.99. The van der Waals surface area contributed by atoms with Crippen molar-refractivity contribution in [2.24, 2.45) is 0 Å². The Labute approximate surface area is 125 Å². The van der Waals surface area contributed by atoms with Crippen molar-refractivity contribution in [3.05, 3.63) is 64.5 Å². The van der Waals surface area contributed by atoms with Gasteiger partial charge in [-0.15, -0.1) is 0 Å². The van der Waals surface area contributed by atoms with Crippen molar-refractivity contribution < 1.29 is 8.60 Å². The quantitative estimate of drug-likeness (QED) is 0.870. The fraction of sp³-hybridized carbons (Fsp3) is 0.235. The number of rotatable bonds is 3. The van der Waals surface area contributed by atoms with Gasteiger partial charge in [-0.2, -0.15) is 5.26 Å². The van der Waals surface area contributed by atoms with Crippen LogP contribution in [0.15, 0.2) is 41.3 Å². The first kappa shape index (κ1) is 14.0. The van der Waals surface area contributed by atoms with Gasteiger partial charge in [0.1, 0.15) is 5.82 Å². The molecule has 0 saturated heterocycles. The predicted molar refractivity (Wildman–Crippen MR) is 79.7 cm³/mol. The summed E-state index contributed by atoms with van der Waals surface area (Å²) in [5.74, 6) is -0.316. The lowest BCUT2D eigenvalue weighted by Gasteiger charge is -2.07. The maximum atomic E-state index is 13.8. The third-order valence-corrected chi connectivity index (χ3v) is 5.15. The van der Waals surface area contributed by atoms with E-state index in [-0.39, 0.29) is 5.75 Å². The molecular weight excluding hydrogens is 285 g/mol. The minimum Gasteiger partial charge on any atom is -0.254 e. The van der Waals surface area contributed by atoms with Crippen LogP contribution in [0, 0.1) is 17.1 Å². The normalized spacial score (nSPS) is 14.5. The minimum atomic E-state index is -1.30. The van der Waals surface area contributed by atoms with Crippen LogP contribution in [0.25, 0.3) is 0 Å². The van der Waals surface area contributed by atoms with Gasteiger partial charge in [-0.1, -0.05) is 6.07 Å². The Morgan fingerprint density at radius 1 is 1.14 bits per heavy atom. The van der Waals surface area contributed by atoms with E-state index in [0.29, 0.717) is 11.1 Å². The summed E-state index contributed by atoms with van der Waals surface area (Å²) >= 11 is 0. The van der Waals surface area contributed by atoms with Gasteiger partial charge in [-0.3, -0.25) is 4.21 Å². The van der Waals surface area contributed by atoms with Crippen molar-refractivity contribution >= 4 is 10.8 Å². The number of benzene rings is 2. The maximum absolute atomic E-state index is 13.8. The molecule has 1 aliphatic carbocycles. The van der Waals surface area contributed by atoms with Crippen molar-refractivity contribution in [2.75, 3.05) is 0 Å². The highest BCUT2D eigenvalue weighted by atomic mass is 32.2. The minimum absolute atomic E-state index is 0.0974. The molecule has 0 N–H and O–H groups in total. The van der Waals surface area contributed by atoms with Gasteiger partial charge < -0.3 is 0 Å². The molecule has 1 aliphatic rings. The summed E-state index contributed by atoms with van der Waals surface area (Å²) in [5, 5.41) is 8.86. The second-order valence-corrected chi connectivity index (χ2v) is 6.64. The van der Waals surface area contributed by atoms with E-state index in [0.717, 1.165) is 24.2 Å². The van der Waals surface area contributed by atoms with E-state index in [9.17, 15) is 8.60 Å². The van der Waals surface area contributed by atoms with Crippen molar-refractivity contribution in [3.63, 3.8) is 0 Å². The topological polar surface area (TPSA) is 40.9 Å². The zero-order chi connectivity index (χ0) is 14.8. The zero-order valence-corrected chi connectivity index (χ0v) is 12.3. The first-order chi connectivity index (χ1) is 10.2. The second kappa shape index (κ2) is 5.79. The molecule has 21 heavy (non-hydrogen) atoms. The number of halogens is 1. The largest absolute Gasteiger partial charge is 0.254 e. The molecule has 0 fully saturated rings. The van der Waals surface area contributed by atoms with Crippen LogP contribution in [-0.2, 0) is 29.4 Å². The number of hydrogen-bond donors (Lipinski definition) is 0. The van der Waals surface area contributed by atoms with Crippen LogP contribution in [0.1, 0.15) is 28.7 Å². The number of nitrogens with zero attached hydrogens (tertiary/aromatic N) is 1. The monoisotopic (exact) mass is 299 g/mol. The third kappa shape index (κ3) is 2.88. The van der Waals surface area contributed by atoms with Crippen LogP contribution in [0.5, 0.6) is 0 Å². The molecule has 4 heteroatoms. The summed E-state index contributed by atoms with van der Waals surface area (Å²) in [4.78, 5) is 0.734. The molecule has 1 unspecified atom stereocenters. The Kier molecular flexibility index (Phi) is 3.85. The van der Waals surface area contributed by atoms with Crippen molar-refractivity contribution in [1.29, 1.82) is 5.26 Å². The predicted octanol–water partition coefficient (Wildman–Crippen LogP) is 3.49. The molecule has 0 aromatic heterocycles. The molecule has 0 aliphatic heterocycles. The first-order valence-corrected chi connectivity index (χ1v) is 8.18. The molecule has 106 valence electrons. The molecule has 0 amide bonds. The molecular formula is C17H14FNOS. The fourth-order valence-corrected chi connectivity index (χ4v) is 3.83. The zero-order valence-electron chi connectivity index (χ0n) is 11.4. The molecule has 0 saturated carbocycles. The summed E-state index contributed by atoms with van der Waals surface area (Å²) in [6.07, 6.45) is 3.25. The Morgan fingerprint density at radius 3 is 2.76 bits per heavy atom. The van der Waals surface area contributed by atoms with Crippen LogP contribution >= 0.6 is 0 Å². The van der Waals surface area contributed by atoms with Gasteiger partial charge >= 0.3 is 0 Å². The second-order valence-electron chi connectivity index (χ2n) is 5.19. The molecule has 1 atom stereocenters. The van der Waals surface area contributed by atoms with Crippen molar-refractivity contribution in [3.8, 4) is 6.07 Å². The molecule has 2 aromatic rings. The highest BCUT2D eigenvalue weighted by molar-refractivity contribution is 7.84. The van der Waals surface area contributed by atoms with Crippen molar-refractivity contribution in [2.45, 2.75) is 29.9 Å². The summed E-state index contributed by atoms with van der Waals surface area (Å²) in [5.41, 5.74) is 3.30. The molecule has 0 radical (unpaired) electrons. The van der Waals surface area contributed by atoms with Crippen LogP contribution in [0.2, 0.25) is 0 Å². The van der Waals surface area contributed by atoms with E-state index in [4.69, 9.17) is 5.26 Å². The van der Waals surface area contributed by atoms with E-state index in [1.54, 1.807) is 0 Å². The average Bonchev–Trinajstić information content (AvgIpc) is 2.96. The van der Waals surface area contributed by atoms with Crippen LogP contribution in [0.4, 0.5) is 4.39 Å². The lowest BCUT2D eigenvalue weighted by atomic mass is 10.1. The van der Waals surface area contributed by atoms with E-state index in [1.165, 1.54) is 29.3 Å². The Balaban J connectivity index is 1.85. The lowest BCUT2D eigenvalue weighted by Crippen LogP contribution is -2.00. The number of aryl methyl sites for hydroxylation is 2. The summed E-state index contributed by atoms with van der Waals surface area (Å²) in [6.45, 7) is 0. The Morgan fingerprint density at radius 2 is 1.95 bits per heavy atom. The summed E-state index contributed by atoms with van der Waals surface area (Å²) in [7, 11) is -1.30. The standard InChI is InChI=1S/C17H14FNOS/c18-17-7-4-12(10-19)8-15(17)11-21(20)16-6-5-13-2-1-3-14(13)9-16/h4-9H,1-3,11H2. The Bertz CT molecular complexity index is 764. The summed E-state index contributed by atoms with van der Waals surface area (Å²) < 4.78 is 26.2. The van der Waals surface area contributed by atoms with Gasteiger partial charge in [-0.05, 0) is 60.7 Å². The lowest BCUT2D eigenvalue weighted by molar-refractivity contribution is 0.615. The number of hydrogen-bond acceptors (Lipinski definition) is 2. The molecule has 3 rings (SSSR count). The van der Waals surface area contributed by atoms with Gasteiger partial charge in [0.2, 0.25) is 0 Å². The van der Waals surface area contributed by atoms with Gasteiger partial charge in [0.25, 0.3) is 0 Å². The molecule has 0 spiro atoms. The van der Waals surface area contributed by atoms with E-state index >= 15 is 0 Å².